The molecule has 1 heterocycles. The molecule has 0 bridgehead atoms. The summed E-state index contributed by atoms with van der Waals surface area (Å²) >= 11 is 5.98. The van der Waals surface area contributed by atoms with Crippen LogP contribution >= 0.6 is 11.6 Å². The van der Waals surface area contributed by atoms with Crippen LogP contribution in [0.25, 0.3) is 6.08 Å². The van der Waals surface area contributed by atoms with Gasteiger partial charge in [-0.25, -0.2) is 4.79 Å². The van der Waals surface area contributed by atoms with E-state index >= 15 is 0 Å². The molecule has 0 saturated heterocycles. The normalized spacial score (nSPS) is 11.8. The van der Waals surface area contributed by atoms with Gasteiger partial charge in [-0.3, -0.25) is 9.48 Å². The number of nitriles is 1. The van der Waals surface area contributed by atoms with Gasteiger partial charge in [-0.1, -0.05) is 41.4 Å². The van der Waals surface area contributed by atoms with Crippen LogP contribution in [0.15, 0.2) is 48.5 Å². The van der Waals surface area contributed by atoms with E-state index in [9.17, 15) is 9.59 Å². The van der Waals surface area contributed by atoms with Crippen molar-refractivity contribution in [3.8, 4) is 6.07 Å². The number of amides is 1. The lowest BCUT2D eigenvalue weighted by Crippen LogP contribution is -2.29. The predicted octanol–water partition coefficient (Wildman–Crippen LogP) is 4.97. The van der Waals surface area contributed by atoms with Crippen molar-refractivity contribution in [2.45, 2.75) is 40.3 Å². The number of benzene rings is 2. The first-order valence-corrected chi connectivity index (χ1v) is 11.0. The van der Waals surface area contributed by atoms with Crippen molar-refractivity contribution in [1.82, 2.24) is 9.78 Å². The molecule has 174 valence electrons. The first-order chi connectivity index (χ1) is 16.2. The lowest BCUT2D eigenvalue weighted by atomic mass is 10.1. The molecular formula is C26H25ClN4O3. The van der Waals surface area contributed by atoms with Gasteiger partial charge in [0.2, 0.25) is 0 Å². The summed E-state index contributed by atoms with van der Waals surface area (Å²) in [7, 11) is 0. The van der Waals surface area contributed by atoms with Gasteiger partial charge in [0.15, 0.2) is 6.10 Å². The van der Waals surface area contributed by atoms with E-state index in [0.717, 1.165) is 22.5 Å². The molecule has 1 N–H and O–H groups in total. The van der Waals surface area contributed by atoms with Gasteiger partial charge in [-0.2, -0.15) is 10.4 Å². The predicted molar refractivity (Wildman–Crippen MR) is 131 cm³/mol. The van der Waals surface area contributed by atoms with E-state index < -0.39 is 18.0 Å². The van der Waals surface area contributed by atoms with Crippen LogP contribution in [0.1, 0.15) is 40.6 Å². The minimum Gasteiger partial charge on any atom is -0.449 e. The van der Waals surface area contributed by atoms with Crippen molar-refractivity contribution >= 4 is 35.2 Å². The molecule has 8 heteroatoms. The van der Waals surface area contributed by atoms with Crippen LogP contribution in [0.4, 0.5) is 5.69 Å². The zero-order valence-electron chi connectivity index (χ0n) is 19.4. The van der Waals surface area contributed by atoms with Crippen molar-refractivity contribution in [2.75, 3.05) is 5.32 Å². The first-order valence-electron chi connectivity index (χ1n) is 10.7. The summed E-state index contributed by atoms with van der Waals surface area (Å²) in [5.41, 5.74) is 5.57. The number of hydrogen-bond acceptors (Lipinski definition) is 5. The Kier molecular flexibility index (Phi) is 7.87. The first kappa shape index (κ1) is 24.7. The number of ether oxygens (including phenoxy) is 1. The van der Waals surface area contributed by atoms with Gasteiger partial charge in [-0.05, 0) is 57.5 Å². The summed E-state index contributed by atoms with van der Waals surface area (Å²) in [6, 6.07) is 14.7. The fourth-order valence-electron chi connectivity index (χ4n) is 3.32. The zero-order valence-corrected chi connectivity index (χ0v) is 20.2. The molecule has 0 spiro atoms. The van der Waals surface area contributed by atoms with Crippen molar-refractivity contribution in [2.24, 2.45) is 0 Å². The number of esters is 1. The highest BCUT2D eigenvalue weighted by Crippen LogP contribution is 2.21. The summed E-state index contributed by atoms with van der Waals surface area (Å²) in [4.78, 5) is 24.7. The third-order valence-corrected chi connectivity index (χ3v) is 5.61. The molecule has 7 nitrogen and oxygen atoms in total. The van der Waals surface area contributed by atoms with Gasteiger partial charge in [0, 0.05) is 23.0 Å². The standard InChI is InChI=1S/C26H25ClN4O3/c1-16-5-7-20(8-6-16)15-31-18(3)23(17(2)30-31)11-12-25(32)34-19(4)26(33)29-22-10-9-21(14-28)24(27)13-22/h5-13,19H,15H2,1-4H3,(H,29,33)/b12-11+. The lowest BCUT2D eigenvalue weighted by Gasteiger charge is -2.12. The van der Waals surface area contributed by atoms with Crippen LogP contribution in [0.5, 0.6) is 0 Å². The monoisotopic (exact) mass is 476 g/mol. The van der Waals surface area contributed by atoms with Crippen molar-refractivity contribution < 1.29 is 14.3 Å². The quantitative estimate of drug-likeness (QED) is 0.383. The molecule has 3 rings (SSSR count). The van der Waals surface area contributed by atoms with Crippen LogP contribution in [0.2, 0.25) is 5.02 Å². The Labute approximate surface area is 203 Å². The fourth-order valence-corrected chi connectivity index (χ4v) is 3.54. The summed E-state index contributed by atoms with van der Waals surface area (Å²) in [6.45, 7) is 7.97. The molecule has 2 aromatic carbocycles. The number of carbonyl (C=O) groups is 2. The average Bonchev–Trinajstić information content (AvgIpc) is 3.06. The number of aryl methyl sites for hydroxylation is 2. The van der Waals surface area contributed by atoms with Gasteiger partial charge in [0.1, 0.15) is 6.07 Å². The topological polar surface area (TPSA) is 97.0 Å². The van der Waals surface area contributed by atoms with E-state index in [2.05, 4.69) is 34.7 Å². The second-order valence-electron chi connectivity index (χ2n) is 7.94. The maximum atomic E-state index is 12.4. The zero-order chi connectivity index (χ0) is 24.8. The molecule has 0 fully saturated rings. The SMILES string of the molecule is Cc1ccc(Cn2nc(C)c(/C=C/C(=O)OC(C)C(=O)Nc3ccc(C#N)c(Cl)c3)c2C)cc1. The number of hydrogen-bond donors (Lipinski definition) is 1. The van der Waals surface area contributed by atoms with Gasteiger partial charge >= 0.3 is 5.97 Å². The minimum atomic E-state index is -1.03. The highest BCUT2D eigenvalue weighted by molar-refractivity contribution is 6.32. The molecule has 1 amide bonds. The van der Waals surface area contributed by atoms with E-state index in [-0.39, 0.29) is 5.02 Å². The fraction of sp³-hybridized carbons (Fsp3) is 0.231. The maximum Gasteiger partial charge on any atom is 0.331 e. The molecule has 0 aliphatic rings. The Hall–Kier alpha value is -3.89. The van der Waals surface area contributed by atoms with E-state index in [0.29, 0.717) is 17.8 Å². The molecule has 0 radical (unpaired) electrons. The Bertz CT molecular complexity index is 1290. The maximum absolute atomic E-state index is 12.4. The molecule has 1 atom stereocenters. The number of rotatable bonds is 7. The third-order valence-electron chi connectivity index (χ3n) is 5.30. The molecule has 0 saturated carbocycles. The molecule has 0 aliphatic carbocycles. The molecule has 0 aliphatic heterocycles. The molecular weight excluding hydrogens is 452 g/mol. The van der Waals surface area contributed by atoms with Crippen LogP contribution in [0, 0.1) is 32.1 Å². The van der Waals surface area contributed by atoms with Crippen LogP contribution in [0.3, 0.4) is 0 Å². The number of halogens is 1. The third kappa shape index (κ3) is 6.12. The molecule has 34 heavy (non-hydrogen) atoms. The van der Waals surface area contributed by atoms with Crippen LogP contribution in [-0.4, -0.2) is 27.8 Å². The molecule has 1 unspecified atom stereocenters. The largest absolute Gasteiger partial charge is 0.449 e. The average molecular weight is 477 g/mol. The van der Waals surface area contributed by atoms with E-state index in [4.69, 9.17) is 21.6 Å². The highest BCUT2D eigenvalue weighted by Gasteiger charge is 2.18. The number of carbonyl (C=O) groups excluding carboxylic acids is 2. The summed E-state index contributed by atoms with van der Waals surface area (Å²) < 4.78 is 7.12. The van der Waals surface area contributed by atoms with Gasteiger partial charge < -0.3 is 10.1 Å². The summed E-state index contributed by atoms with van der Waals surface area (Å²) in [5.74, 6) is -1.16. The summed E-state index contributed by atoms with van der Waals surface area (Å²) in [6.07, 6.45) is 1.91. The van der Waals surface area contributed by atoms with Gasteiger partial charge in [0.25, 0.3) is 5.91 Å². The van der Waals surface area contributed by atoms with E-state index in [1.807, 2.05) is 31.5 Å². The number of nitrogens with zero attached hydrogens (tertiary/aromatic N) is 3. The Morgan fingerprint density at radius 3 is 2.56 bits per heavy atom. The van der Waals surface area contributed by atoms with Gasteiger partial charge in [0.05, 0.1) is 22.8 Å². The smallest absolute Gasteiger partial charge is 0.331 e. The molecule has 3 aromatic rings. The summed E-state index contributed by atoms with van der Waals surface area (Å²) in [5, 5.41) is 16.3. The lowest BCUT2D eigenvalue weighted by molar-refractivity contribution is -0.148. The van der Waals surface area contributed by atoms with Gasteiger partial charge in [-0.15, -0.1) is 0 Å². The Balaban J connectivity index is 1.61. The van der Waals surface area contributed by atoms with Crippen molar-refractivity contribution in [1.29, 1.82) is 5.26 Å². The Morgan fingerprint density at radius 1 is 1.21 bits per heavy atom. The number of anilines is 1. The van der Waals surface area contributed by atoms with Crippen LogP contribution in [-0.2, 0) is 20.9 Å². The number of nitrogens with one attached hydrogen (secondary N) is 1. The van der Waals surface area contributed by atoms with E-state index in [1.54, 1.807) is 12.1 Å². The number of aromatic nitrogens is 2. The second-order valence-corrected chi connectivity index (χ2v) is 8.34. The van der Waals surface area contributed by atoms with Crippen molar-refractivity contribution in [3.05, 3.63) is 87.2 Å². The van der Waals surface area contributed by atoms with E-state index in [1.165, 1.54) is 30.7 Å². The second kappa shape index (κ2) is 10.8. The highest BCUT2D eigenvalue weighted by atomic mass is 35.5. The van der Waals surface area contributed by atoms with Crippen molar-refractivity contribution in [3.63, 3.8) is 0 Å². The Morgan fingerprint density at radius 2 is 1.91 bits per heavy atom. The molecule has 1 aromatic heterocycles. The minimum absolute atomic E-state index is 0.224. The van der Waals surface area contributed by atoms with Crippen LogP contribution < -0.4 is 5.32 Å².